The fraction of sp³-hybridized carbons (Fsp3) is 0.490. The second-order valence-electron chi connectivity index (χ2n) is 19.7. The topological polar surface area (TPSA) is 163 Å². The molecule has 9 atom stereocenters. The Labute approximate surface area is 354 Å². The summed E-state index contributed by atoms with van der Waals surface area (Å²) < 4.78 is 40.7. The molecule has 3 fully saturated rings. The van der Waals surface area contributed by atoms with Gasteiger partial charge in [-0.05, 0) is 107 Å². The number of aliphatic hydroxyl groups excluding tert-OH is 1. The molecule has 4 aliphatic heterocycles. The van der Waals surface area contributed by atoms with E-state index in [1.165, 1.54) is 18.7 Å². The molecule has 0 bridgehead atoms. The number of epoxide rings is 1. The molecule has 8 aliphatic rings. The van der Waals surface area contributed by atoms with Crippen LogP contribution in [-0.2, 0) is 14.3 Å². The Hall–Kier alpha value is -5.49. The lowest BCUT2D eigenvalue weighted by molar-refractivity contribution is -0.162. The molecular formula is C49H52O12. The molecule has 2 saturated carbocycles. The number of ketones is 3. The molecular weight excluding hydrogens is 781 g/mol. The van der Waals surface area contributed by atoms with E-state index in [1.54, 1.807) is 31.6 Å². The molecule has 12 heteroatoms. The van der Waals surface area contributed by atoms with Gasteiger partial charge in [-0.1, -0.05) is 19.9 Å². The highest BCUT2D eigenvalue weighted by Gasteiger charge is 2.87. The molecule has 320 valence electrons. The molecule has 1 aromatic heterocycles. The van der Waals surface area contributed by atoms with Crippen molar-refractivity contribution in [2.45, 2.75) is 103 Å². The van der Waals surface area contributed by atoms with Crippen LogP contribution in [0.4, 0.5) is 0 Å². The number of Topliss-reactive ketones (excluding diaryl/α,β-unsaturated/α-hetero) is 2. The van der Waals surface area contributed by atoms with Gasteiger partial charge in [0.1, 0.15) is 52.5 Å². The van der Waals surface area contributed by atoms with Crippen LogP contribution < -0.4 is 23.7 Å². The highest BCUT2D eigenvalue weighted by molar-refractivity contribution is 6.09. The van der Waals surface area contributed by atoms with Gasteiger partial charge in [-0.25, -0.2) is 0 Å². The molecule has 9 unspecified atom stereocenters. The van der Waals surface area contributed by atoms with Gasteiger partial charge in [0.25, 0.3) is 0 Å². The first-order valence-corrected chi connectivity index (χ1v) is 21.1. The molecule has 1 saturated heterocycles. The smallest absolute Gasteiger partial charge is 0.206 e. The van der Waals surface area contributed by atoms with Crippen molar-refractivity contribution < 1.29 is 57.4 Å². The van der Waals surface area contributed by atoms with Crippen LogP contribution in [0.2, 0.25) is 0 Å². The number of hydrogen-bond donors (Lipinski definition) is 2. The van der Waals surface area contributed by atoms with Gasteiger partial charge in [0, 0.05) is 28.5 Å². The summed E-state index contributed by atoms with van der Waals surface area (Å²) in [6.45, 7) is 14.0. The van der Waals surface area contributed by atoms with Gasteiger partial charge in [-0.3, -0.25) is 14.4 Å². The number of carbonyl (C=O) groups excluding carboxylic acids is 3. The molecule has 1 spiro atoms. The maximum Gasteiger partial charge on any atom is 0.206 e. The van der Waals surface area contributed by atoms with Crippen LogP contribution in [-0.4, -0.2) is 71.8 Å². The van der Waals surface area contributed by atoms with Crippen molar-refractivity contribution in [3.63, 3.8) is 0 Å². The number of allylic oxidation sites excluding steroid dienone is 4. The van der Waals surface area contributed by atoms with E-state index in [9.17, 15) is 24.6 Å². The van der Waals surface area contributed by atoms with Crippen molar-refractivity contribution in [3.8, 4) is 34.5 Å². The fourth-order valence-corrected chi connectivity index (χ4v) is 13.1. The summed E-state index contributed by atoms with van der Waals surface area (Å²) >= 11 is 0. The molecule has 5 heterocycles. The third-order valence-electron chi connectivity index (χ3n) is 15.9. The second kappa shape index (κ2) is 12.6. The van der Waals surface area contributed by atoms with E-state index >= 15 is 0 Å². The van der Waals surface area contributed by atoms with E-state index in [-0.39, 0.29) is 64.4 Å². The van der Waals surface area contributed by atoms with Gasteiger partial charge < -0.3 is 43.1 Å². The summed E-state index contributed by atoms with van der Waals surface area (Å²) in [5.41, 5.74) is -0.470. The Bertz CT molecular complexity index is 2540. The van der Waals surface area contributed by atoms with Crippen molar-refractivity contribution in [2.75, 3.05) is 20.8 Å². The molecule has 12 nitrogen and oxygen atoms in total. The Balaban J connectivity index is 0.000000146. The Morgan fingerprint density at radius 3 is 2.33 bits per heavy atom. The Morgan fingerprint density at radius 2 is 1.62 bits per heavy atom. The molecule has 0 amide bonds. The highest BCUT2D eigenvalue weighted by Crippen LogP contribution is 2.81. The van der Waals surface area contributed by atoms with Crippen LogP contribution in [0.3, 0.4) is 0 Å². The van der Waals surface area contributed by atoms with E-state index in [2.05, 4.69) is 13.8 Å². The van der Waals surface area contributed by atoms with Crippen LogP contribution in [0.25, 0.3) is 6.08 Å². The van der Waals surface area contributed by atoms with Crippen LogP contribution in [0.5, 0.6) is 34.5 Å². The standard InChI is InChI=1S/C26H30O5.C23H22O7/c1-22(2)17(27)7-9-23(3)16-6-10-24(4)15(14-8-11-30-13-14)12-18-26(24,31-18)25(16,5)21(29)19(28)20(22)23;1-23(2)6-5-11-15(30-23)8-13(24)20-21(25)19-12-7-16(26-3)17(27-4)9-14(12)28-10-18(19)29-22(11)20/h7-9,11,13,15-16,18,28H,6,10,12H2,1-5H3;5-9,18-19,24H,10H2,1-4H3. The van der Waals surface area contributed by atoms with Crippen LogP contribution in [0.1, 0.15) is 107 Å². The van der Waals surface area contributed by atoms with Crippen molar-refractivity contribution in [1.29, 1.82) is 0 Å². The van der Waals surface area contributed by atoms with Crippen molar-refractivity contribution in [3.05, 3.63) is 88.6 Å². The summed E-state index contributed by atoms with van der Waals surface area (Å²) in [5, 5.41) is 22.0. The SMILES string of the molecule is CC1(C)C(=O)C=CC2(C)C1=C(O)C(=O)C1(C)C2CCC2(C)C(c3ccoc3)CC3OC321.COc1cc2c(cc1OC)C1C(=O)c3c(O)cc4c(c3OC1CO2)C=CC(C)(C)O4. The van der Waals surface area contributed by atoms with E-state index in [4.69, 9.17) is 32.8 Å². The average Bonchev–Trinajstić information content (AvgIpc) is 3.56. The minimum Gasteiger partial charge on any atom is -0.507 e. The number of phenols is 1. The summed E-state index contributed by atoms with van der Waals surface area (Å²) in [6, 6.07) is 6.95. The third-order valence-corrected chi connectivity index (χ3v) is 15.9. The summed E-state index contributed by atoms with van der Waals surface area (Å²) in [6.07, 6.45) is 13.0. The van der Waals surface area contributed by atoms with Crippen LogP contribution in [0, 0.1) is 27.6 Å². The minimum atomic E-state index is -0.901. The van der Waals surface area contributed by atoms with E-state index in [1.807, 2.05) is 65.2 Å². The maximum atomic E-state index is 14.0. The number of ether oxygens (including phenoxy) is 6. The first-order chi connectivity index (χ1) is 28.8. The predicted octanol–water partition coefficient (Wildman–Crippen LogP) is 8.61. The molecule has 4 aliphatic carbocycles. The van der Waals surface area contributed by atoms with Gasteiger partial charge in [0.2, 0.25) is 5.78 Å². The van der Waals surface area contributed by atoms with Gasteiger partial charge >= 0.3 is 0 Å². The summed E-state index contributed by atoms with van der Waals surface area (Å²) in [5.74, 6) is 1.03. The number of fused-ring (bicyclic) bond motifs is 9. The van der Waals surface area contributed by atoms with Gasteiger partial charge in [-0.2, -0.15) is 0 Å². The first kappa shape index (κ1) is 39.6. The molecule has 3 aromatic rings. The quantitative estimate of drug-likeness (QED) is 0.242. The number of rotatable bonds is 3. The summed E-state index contributed by atoms with van der Waals surface area (Å²) in [4.78, 5) is 40.3. The lowest BCUT2D eigenvalue weighted by atomic mass is 9.39. The normalized spacial score (nSPS) is 36.1. The molecule has 61 heavy (non-hydrogen) atoms. The molecule has 11 rings (SSSR count). The average molecular weight is 833 g/mol. The zero-order valence-corrected chi connectivity index (χ0v) is 36.0. The molecule has 2 aromatic carbocycles. The van der Waals surface area contributed by atoms with Gasteiger partial charge in [0.15, 0.2) is 28.8 Å². The van der Waals surface area contributed by atoms with Gasteiger partial charge in [-0.15, -0.1) is 0 Å². The number of furan rings is 1. The fourth-order valence-electron chi connectivity index (χ4n) is 13.1. The number of carbonyl (C=O) groups is 3. The van der Waals surface area contributed by atoms with Crippen molar-refractivity contribution in [2.24, 2.45) is 27.6 Å². The number of benzene rings is 2. The monoisotopic (exact) mass is 832 g/mol. The minimum absolute atomic E-state index is 0.00527. The van der Waals surface area contributed by atoms with Crippen molar-refractivity contribution >= 4 is 23.4 Å². The number of phenolic OH excluding ortho intramolecular Hbond substituents is 1. The number of methoxy groups -OCH3 is 2. The highest BCUT2D eigenvalue weighted by atomic mass is 16.6. The van der Waals surface area contributed by atoms with Crippen molar-refractivity contribution in [1.82, 2.24) is 0 Å². The number of aromatic hydroxyl groups is 1. The van der Waals surface area contributed by atoms with E-state index in [0.29, 0.717) is 45.4 Å². The van der Waals surface area contributed by atoms with Crippen LogP contribution >= 0.6 is 0 Å². The lowest BCUT2D eigenvalue weighted by Crippen LogP contribution is -2.66. The Morgan fingerprint density at radius 1 is 0.885 bits per heavy atom. The largest absolute Gasteiger partial charge is 0.507 e. The van der Waals surface area contributed by atoms with Crippen LogP contribution in [0.15, 0.2) is 70.8 Å². The summed E-state index contributed by atoms with van der Waals surface area (Å²) in [7, 11) is 3.07. The molecule has 2 N–H and O–H groups in total. The lowest BCUT2D eigenvalue weighted by Gasteiger charge is -2.62. The van der Waals surface area contributed by atoms with E-state index in [0.717, 1.165) is 19.3 Å². The van der Waals surface area contributed by atoms with Gasteiger partial charge in [0.05, 0.1) is 55.2 Å². The molecule has 0 radical (unpaired) electrons. The zero-order chi connectivity index (χ0) is 43.4. The third kappa shape index (κ3) is 4.94. The van der Waals surface area contributed by atoms with E-state index < -0.39 is 39.5 Å². The Kier molecular flexibility index (Phi) is 8.16. The second-order valence-corrected chi connectivity index (χ2v) is 19.7. The number of aliphatic hydroxyl groups is 1. The first-order valence-electron chi connectivity index (χ1n) is 21.1. The maximum absolute atomic E-state index is 14.0. The number of hydrogen-bond acceptors (Lipinski definition) is 12. The zero-order valence-electron chi connectivity index (χ0n) is 36.0. The predicted molar refractivity (Wildman–Crippen MR) is 222 cm³/mol.